The van der Waals surface area contributed by atoms with Crippen LogP contribution in [-0.2, 0) is 0 Å². The van der Waals surface area contributed by atoms with Crippen molar-refractivity contribution in [2.45, 2.75) is 0 Å². The minimum atomic E-state index is -1.04. The summed E-state index contributed by atoms with van der Waals surface area (Å²) in [5.74, 6) is -2.06. The molecule has 0 fully saturated rings. The molecule has 0 spiro atoms. The number of benzene rings is 2. The molecule has 2 aromatic carbocycles. The van der Waals surface area contributed by atoms with E-state index in [9.17, 15) is 13.6 Å². The van der Waals surface area contributed by atoms with Crippen molar-refractivity contribution in [1.29, 1.82) is 0 Å². The Morgan fingerprint density at radius 1 is 0.944 bits per heavy atom. The van der Waals surface area contributed by atoms with E-state index in [1.54, 1.807) is 6.07 Å². The lowest BCUT2D eigenvalue weighted by Crippen LogP contribution is -1.92. The number of hydrogen-bond donors (Lipinski definition) is 0. The van der Waals surface area contributed by atoms with E-state index in [0.29, 0.717) is 16.9 Å². The molecule has 0 saturated heterocycles. The Bertz CT molecular complexity index is 627. The summed E-state index contributed by atoms with van der Waals surface area (Å²) in [6, 6.07) is 6.33. The van der Waals surface area contributed by atoms with Gasteiger partial charge < -0.3 is 0 Å². The Labute approximate surface area is 112 Å². The van der Waals surface area contributed by atoms with Gasteiger partial charge in [-0.15, -0.1) is 0 Å². The third-order valence-electron chi connectivity index (χ3n) is 2.44. The van der Waals surface area contributed by atoms with Crippen LogP contribution in [0.15, 0.2) is 30.3 Å². The maximum atomic E-state index is 13.2. The van der Waals surface area contributed by atoms with E-state index in [1.165, 1.54) is 12.1 Å². The zero-order chi connectivity index (χ0) is 13.3. The van der Waals surface area contributed by atoms with Crippen LogP contribution in [0.5, 0.6) is 0 Å². The monoisotopic (exact) mass is 286 g/mol. The van der Waals surface area contributed by atoms with Gasteiger partial charge in [0.15, 0.2) is 17.9 Å². The molecule has 2 rings (SSSR count). The van der Waals surface area contributed by atoms with Crippen molar-refractivity contribution in [3.05, 3.63) is 57.6 Å². The number of rotatable bonds is 2. The van der Waals surface area contributed by atoms with E-state index in [0.717, 1.165) is 12.1 Å². The first-order valence-corrected chi connectivity index (χ1v) is 5.68. The van der Waals surface area contributed by atoms with Crippen LogP contribution in [0.2, 0.25) is 10.0 Å². The van der Waals surface area contributed by atoms with E-state index in [4.69, 9.17) is 23.2 Å². The summed E-state index contributed by atoms with van der Waals surface area (Å²) < 4.78 is 26.2. The Hall–Kier alpha value is -1.45. The van der Waals surface area contributed by atoms with Crippen LogP contribution in [0, 0.1) is 11.6 Å². The van der Waals surface area contributed by atoms with E-state index in [1.807, 2.05) is 0 Å². The van der Waals surface area contributed by atoms with Crippen LogP contribution < -0.4 is 0 Å². The zero-order valence-electron chi connectivity index (χ0n) is 8.88. The first-order valence-electron chi connectivity index (χ1n) is 4.92. The maximum absolute atomic E-state index is 13.2. The number of aldehydes is 1. The highest BCUT2D eigenvalue weighted by Crippen LogP contribution is 2.32. The fourth-order valence-electron chi connectivity index (χ4n) is 1.61. The number of halogens is 4. The first-order chi connectivity index (χ1) is 8.52. The average Bonchev–Trinajstić information content (AvgIpc) is 2.34. The van der Waals surface area contributed by atoms with Gasteiger partial charge in [-0.3, -0.25) is 4.79 Å². The topological polar surface area (TPSA) is 17.1 Å². The molecule has 0 saturated carbocycles. The minimum Gasteiger partial charge on any atom is -0.298 e. The molecule has 0 atom stereocenters. The highest BCUT2D eigenvalue weighted by atomic mass is 35.5. The summed E-state index contributed by atoms with van der Waals surface area (Å²) in [4.78, 5) is 10.9. The molecular formula is C13H6Cl2F2O. The lowest BCUT2D eigenvalue weighted by molar-refractivity contribution is 0.112. The fourth-order valence-corrected chi connectivity index (χ4v) is 2.04. The Morgan fingerprint density at radius 3 is 2.28 bits per heavy atom. The third kappa shape index (κ3) is 2.37. The van der Waals surface area contributed by atoms with Gasteiger partial charge in [-0.2, -0.15) is 0 Å². The molecule has 0 bridgehead atoms. The van der Waals surface area contributed by atoms with Gasteiger partial charge in [0.25, 0.3) is 0 Å². The van der Waals surface area contributed by atoms with Crippen LogP contribution in [0.4, 0.5) is 8.78 Å². The van der Waals surface area contributed by atoms with Crippen LogP contribution in [0.1, 0.15) is 10.4 Å². The van der Waals surface area contributed by atoms with Gasteiger partial charge in [-0.05, 0) is 29.8 Å². The van der Waals surface area contributed by atoms with Crippen molar-refractivity contribution in [2.24, 2.45) is 0 Å². The predicted molar refractivity (Wildman–Crippen MR) is 67.2 cm³/mol. The summed E-state index contributed by atoms with van der Waals surface area (Å²) in [6.07, 6.45) is 0.582. The predicted octanol–water partition coefficient (Wildman–Crippen LogP) is 4.75. The summed E-state index contributed by atoms with van der Waals surface area (Å²) in [6.45, 7) is 0. The number of hydrogen-bond acceptors (Lipinski definition) is 1. The lowest BCUT2D eigenvalue weighted by atomic mass is 10.00. The summed E-state index contributed by atoms with van der Waals surface area (Å²) in [5.41, 5.74) is 0.906. The molecule has 0 amide bonds. The quantitative estimate of drug-likeness (QED) is 0.575. The highest BCUT2D eigenvalue weighted by Gasteiger charge is 2.13. The Morgan fingerprint density at radius 2 is 1.61 bits per heavy atom. The number of carbonyl (C=O) groups excluding carboxylic acids is 1. The van der Waals surface area contributed by atoms with Crippen molar-refractivity contribution in [3.63, 3.8) is 0 Å². The van der Waals surface area contributed by atoms with Gasteiger partial charge in [0.2, 0.25) is 0 Å². The highest BCUT2D eigenvalue weighted by molar-refractivity contribution is 6.33. The van der Waals surface area contributed by atoms with Crippen LogP contribution >= 0.6 is 23.2 Å². The molecule has 0 aliphatic heterocycles. The van der Waals surface area contributed by atoms with Crippen molar-refractivity contribution < 1.29 is 13.6 Å². The molecule has 0 aromatic heterocycles. The third-order valence-corrected chi connectivity index (χ3v) is 2.99. The van der Waals surface area contributed by atoms with Gasteiger partial charge >= 0.3 is 0 Å². The summed E-state index contributed by atoms with van der Waals surface area (Å²) >= 11 is 11.6. The van der Waals surface area contributed by atoms with Crippen LogP contribution in [0.3, 0.4) is 0 Å². The first kappa shape index (κ1) is 13.0. The van der Waals surface area contributed by atoms with E-state index >= 15 is 0 Å². The van der Waals surface area contributed by atoms with E-state index in [2.05, 4.69) is 0 Å². The second kappa shape index (κ2) is 5.04. The van der Waals surface area contributed by atoms with Crippen LogP contribution in [-0.4, -0.2) is 6.29 Å². The van der Waals surface area contributed by atoms with Crippen molar-refractivity contribution in [2.75, 3.05) is 0 Å². The molecular weight excluding hydrogens is 281 g/mol. The zero-order valence-corrected chi connectivity index (χ0v) is 10.4. The second-order valence-electron chi connectivity index (χ2n) is 3.60. The van der Waals surface area contributed by atoms with Crippen molar-refractivity contribution in [3.8, 4) is 11.1 Å². The lowest BCUT2D eigenvalue weighted by Gasteiger charge is -2.08. The van der Waals surface area contributed by atoms with Gasteiger partial charge in [0.1, 0.15) is 0 Å². The molecule has 2 aromatic rings. The maximum Gasteiger partial charge on any atom is 0.160 e. The minimum absolute atomic E-state index is 0.0272. The standard InChI is InChI=1S/C13H6Cl2F2O/c14-8-1-2-9(7(3-8)6-18)10-4-12(16)13(17)5-11(10)15/h1-6H. The van der Waals surface area contributed by atoms with Crippen LogP contribution in [0.25, 0.3) is 11.1 Å². The molecule has 0 radical (unpaired) electrons. The van der Waals surface area contributed by atoms with Gasteiger partial charge in [0.05, 0.1) is 5.02 Å². The van der Waals surface area contributed by atoms with Gasteiger partial charge in [-0.25, -0.2) is 8.78 Å². The Balaban J connectivity index is 2.69. The molecule has 0 N–H and O–H groups in total. The second-order valence-corrected chi connectivity index (χ2v) is 4.44. The fraction of sp³-hybridized carbons (Fsp3) is 0. The molecule has 0 unspecified atom stereocenters. The number of carbonyl (C=O) groups is 1. The normalized spacial score (nSPS) is 10.4. The van der Waals surface area contributed by atoms with Crippen molar-refractivity contribution in [1.82, 2.24) is 0 Å². The SMILES string of the molecule is O=Cc1cc(Cl)ccc1-c1cc(F)c(F)cc1Cl. The molecule has 1 nitrogen and oxygen atoms in total. The average molecular weight is 287 g/mol. The smallest absolute Gasteiger partial charge is 0.160 e. The molecule has 92 valence electrons. The molecule has 0 heterocycles. The molecule has 18 heavy (non-hydrogen) atoms. The largest absolute Gasteiger partial charge is 0.298 e. The van der Waals surface area contributed by atoms with E-state index in [-0.39, 0.29) is 16.1 Å². The molecule has 0 aliphatic rings. The van der Waals surface area contributed by atoms with Gasteiger partial charge in [0, 0.05) is 16.1 Å². The van der Waals surface area contributed by atoms with Crippen molar-refractivity contribution >= 4 is 29.5 Å². The molecule has 0 aliphatic carbocycles. The molecule has 5 heteroatoms. The van der Waals surface area contributed by atoms with Gasteiger partial charge in [-0.1, -0.05) is 29.3 Å². The summed E-state index contributed by atoms with van der Waals surface area (Å²) in [7, 11) is 0. The Kier molecular flexibility index (Phi) is 3.64. The summed E-state index contributed by atoms with van der Waals surface area (Å²) in [5, 5.41) is 0.402. The van der Waals surface area contributed by atoms with E-state index < -0.39 is 11.6 Å².